The number of carbonyl (C=O) groups excluding carboxylic acids is 2. The van der Waals surface area contributed by atoms with Crippen molar-refractivity contribution in [2.24, 2.45) is 0 Å². The van der Waals surface area contributed by atoms with Crippen LogP contribution in [0.5, 0.6) is 0 Å². The van der Waals surface area contributed by atoms with Gasteiger partial charge in [0.05, 0.1) is 17.7 Å². The fourth-order valence-electron chi connectivity index (χ4n) is 3.06. The lowest BCUT2D eigenvalue weighted by atomic mass is 9.97. The monoisotopic (exact) mass is 395 g/mol. The molecule has 7 nitrogen and oxygen atoms in total. The fourth-order valence-corrected chi connectivity index (χ4v) is 5.22. The van der Waals surface area contributed by atoms with Gasteiger partial charge in [0.15, 0.2) is 5.16 Å². The second-order valence-corrected chi connectivity index (χ2v) is 7.92. The van der Waals surface area contributed by atoms with E-state index in [9.17, 15) is 14.4 Å². The van der Waals surface area contributed by atoms with Crippen molar-refractivity contribution in [3.8, 4) is 0 Å². The third-order valence-corrected chi connectivity index (χ3v) is 6.37. The molecule has 2 aromatic heterocycles. The molecule has 0 aliphatic heterocycles. The number of thioether (sulfide) groups is 1. The number of alkyl carbamates (subject to hydrolysis) is 1. The highest BCUT2D eigenvalue weighted by molar-refractivity contribution is 7.99. The Morgan fingerprint density at radius 1 is 1.31 bits per heavy atom. The number of nitrogens with one attached hydrogen (secondary N) is 1. The predicted molar refractivity (Wildman–Crippen MR) is 102 cm³/mol. The van der Waals surface area contributed by atoms with Gasteiger partial charge in [0.25, 0.3) is 5.56 Å². The number of hydrogen-bond donors (Lipinski definition) is 1. The summed E-state index contributed by atoms with van der Waals surface area (Å²) < 4.78 is 6.29. The van der Waals surface area contributed by atoms with Crippen LogP contribution in [0.2, 0.25) is 0 Å². The summed E-state index contributed by atoms with van der Waals surface area (Å²) >= 11 is 2.74. The molecule has 1 N–H and O–H groups in total. The predicted octanol–water partition coefficient (Wildman–Crippen LogP) is 2.72. The van der Waals surface area contributed by atoms with Crippen LogP contribution in [0.4, 0.5) is 4.79 Å². The van der Waals surface area contributed by atoms with Gasteiger partial charge in [0.2, 0.25) is 5.91 Å². The number of hydrogen-bond acceptors (Lipinski definition) is 7. The second-order valence-electron chi connectivity index (χ2n) is 5.89. The van der Waals surface area contributed by atoms with Crippen molar-refractivity contribution in [2.45, 2.75) is 51.2 Å². The van der Waals surface area contributed by atoms with Gasteiger partial charge in [-0.15, -0.1) is 11.3 Å². The van der Waals surface area contributed by atoms with Crippen LogP contribution in [0.15, 0.2) is 9.95 Å². The van der Waals surface area contributed by atoms with E-state index in [4.69, 9.17) is 0 Å². The Labute approximate surface area is 159 Å². The molecule has 0 fully saturated rings. The van der Waals surface area contributed by atoms with Crippen LogP contribution in [0, 0.1) is 0 Å². The molecule has 9 heteroatoms. The number of aryl methyl sites for hydroxylation is 2. The zero-order chi connectivity index (χ0) is 18.7. The lowest BCUT2D eigenvalue weighted by Crippen LogP contribution is -2.32. The number of thiophene rings is 1. The van der Waals surface area contributed by atoms with Crippen LogP contribution >= 0.6 is 23.1 Å². The summed E-state index contributed by atoms with van der Waals surface area (Å²) in [6.45, 7) is 4.23. The molecular formula is C17H21N3O4S2. The van der Waals surface area contributed by atoms with E-state index >= 15 is 0 Å². The first-order valence-corrected chi connectivity index (χ1v) is 10.5. The standard InChI is InChI=1S/C17H21N3O4S2/c1-3-20-15(22)13-10-7-5-6-8-11(10)26-14(13)19-16(20)25-9-12(21)18-17(23)24-4-2/h3-9H2,1-2H3,(H,18,21,23). The summed E-state index contributed by atoms with van der Waals surface area (Å²) in [7, 11) is 0. The van der Waals surface area contributed by atoms with Crippen LogP contribution in [0.1, 0.15) is 37.1 Å². The number of carbonyl (C=O) groups is 2. The van der Waals surface area contributed by atoms with Gasteiger partial charge in [-0.3, -0.25) is 19.5 Å². The van der Waals surface area contributed by atoms with E-state index < -0.39 is 12.0 Å². The Morgan fingerprint density at radius 2 is 2.08 bits per heavy atom. The first kappa shape index (κ1) is 18.9. The van der Waals surface area contributed by atoms with Gasteiger partial charge in [-0.1, -0.05) is 11.8 Å². The minimum atomic E-state index is -0.764. The number of amides is 2. The molecule has 0 unspecified atom stereocenters. The molecule has 26 heavy (non-hydrogen) atoms. The molecule has 0 saturated heterocycles. The van der Waals surface area contributed by atoms with Gasteiger partial charge in [-0.05, 0) is 45.1 Å². The van der Waals surface area contributed by atoms with Gasteiger partial charge >= 0.3 is 6.09 Å². The highest BCUT2D eigenvalue weighted by Crippen LogP contribution is 2.34. The largest absolute Gasteiger partial charge is 0.450 e. The SMILES string of the molecule is CCOC(=O)NC(=O)CSc1nc2sc3c(c2c(=O)n1CC)CCCC3. The molecule has 1 aliphatic rings. The molecule has 140 valence electrons. The van der Waals surface area contributed by atoms with Gasteiger partial charge < -0.3 is 4.74 Å². The number of rotatable bonds is 5. The van der Waals surface area contributed by atoms with Crippen molar-refractivity contribution >= 4 is 45.3 Å². The summed E-state index contributed by atoms with van der Waals surface area (Å²) in [5, 5.41) is 3.39. The van der Waals surface area contributed by atoms with Crippen LogP contribution < -0.4 is 10.9 Å². The topological polar surface area (TPSA) is 90.3 Å². The maximum atomic E-state index is 13.0. The molecule has 0 aromatic carbocycles. The van der Waals surface area contributed by atoms with Crippen LogP contribution in [0.25, 0.3) is 10.2 Å². The van der Waals surface area contributed by atoms with Crippen molar-refractivity contribution in [2.75, 3.05) is 12.4 Å². The number of nitrogens with zero attached hydrogens (tertiary/aromatic N) is 2. The maximum absolute atomic E-state index is 13.0. The Bertz CT molecular complexity index is 904. The van der Waals surface area contributed by atoms with Gasteiger partial charge in [0, 0.05) is 11.4 Å². The Kier molecular flexibility index (Phi) is 5.98. The van der Waals surface area contributed by atoms with E-state index in [0.717, 1.165) is 53.2 Å². The van der Waals surface area contributed by atoms with Crippen molar-refractivity contribution in [1.82, 2.24) is 14.9 Å². The molecule has 2 aromatic rings. The van der Waals surface area contributed by atoms with E-state index in [-0.39, 0.29) is 17.9 Å². The zero-order valence-electron chi connectivity index (χ0n) is 14.8. The van der Waals surface area contributed by atoms with E-state index in [1.807, 2.05) is 6.92 Å². The molecule has 0 radical (unpaired) electrons. The fraction of sp³-hybridized carbons (Fsp3) is 0.529. The molecule has 3 rings (SSSR count). The first-order valence-electron chi connectivity index (χ1n) is 8.69. The Hall–Kier alpha value is -1.87. The number of aromatic nitrogens is 2. The quantitative estimate of drug-likeness (QED) is 0.618. The van der Waals surface area contributed by atoms with Gasteiger partial charge in [-0.25, -0.2) is 9.78 Å². The lowest BCUT2D eigenvalue weighted by molar-refractivity contribution is -0.117. The smallest absolute Gasteiger partial charge is 0.413 e. The molecule has 0 bridgehead atoms. The average molecular weight is 396 g/mol. The summed E-state index contributed by atoms with van der Waals surface area (Å²) in [5.41, 5.74) is 1.12. The summed E-state index contributed by atoms with van der Waals surface area (Å²) in [6.07, 6.45) is 3.43. The summed E-state index contributed by atoms with van der Waals surface area (Å²) in [6, 6.07) is 0. The molecule has 0 saturated carbocycles. The van der Waals surface area contributed by atoms with E-state index in [0.29, 0.717) is 11.7 Å². The van der Waals surface area contributed by atoms with Gasteiger partial charge in [0.1, 0.15) is 4.83 Å². The first-order chi connectivity index (χ1) is 12.5. The van der Waals surface area contributed by atoms with E-state index in [1.165, 1.54) is 4.88 Å². The highest BCUT2D eigenvalue weighted by Gasteiger charge is 2.22. The third kappa shape index (κ3) is 3.78. The molecule has 1 aliphatic carbocycles. The Balaban J connectivity index is 1.85. The van der Waals surface area contributed by atoms with Gasteiger partial charge in [-0.2, -0.15) is 0 Å². The summed E-state index contributed by atoms with van der Waals surface area (Å²) in [5.74, 6) is -0.488. The molecule has 2 amide bonds. The Morgan fingerprint density at radius 3 is 2.81 bits per heavy atom. The number of imide groups is 1. The van der Waals surface area contributed by atoms with E-state index in [1.54, 1.807) is 22.8 Å². The normalized spacial score (nSPS) is 13.5. The highest BCUT2D eigenvalue weighted by atomic mass is 32.2. The van der Waals surface area contributed by atoms with Crippen molar-refractivity contribution in [3.05, 3.63) is 20.8 Å². The van der Waals surface area contributed by atoms with Crippen LogP contribution in [-0.2, 0) is 28.9 Å². The average Bonchev–Trinajstić information content (AvgIpc) is 2.98. The lowest BCUT2D eigenvalue weighted by Gasteiger charge is -2.12. The maximum Gasteiger partial charge on any atom is 0.413 e. The minimum absolute atomic E-state index is 0.0121. The van der Waals surface area contributed by atoms with Crippen molar-refractivity contribution in [1.29, 1.82) is 0 Å². The third-order valence-electron chi connectivity index (χ3n) is 4.21. The minimum Gasteiger partial charge on any atom is -0.450 e. The zero-order valence-corrected chi connectivity index (χ0v) is 16.4. The van der Waals surface area contributed by atoms with Crippen molar-refractivity contribution < 1.29 is 14.3 Å². The molecular weight excluding hydrogens is 374 g/mol. The van der Waals surface area contributed by atoms with Crippen LogP contribution in [-0.4, -0.2) is 33.9 Å². The molecule has 0 spiro atoms. The van der Waals surface area contributed by atoms with Crippen LogP contribution in [0.3, 0.4) is 0 Å². The summed E-state index contributed by atoms with van der Waals surface area (Å²) in [4.78, 5) is 42.8. The number of ether oxygens (including phenoxy) is 1. The van der Waals surface area contributed by atoms with Crippen molar-refractivity contribution in [3.63, 3.8) is 0 Å². The molecule has 0 atom stereocenters. The second kappa shape index (κ2) is 8.22. The number of fused-ring (bicyclic) bond motifs is 3. The van der Waals surface area contributed by atoms with E-state index in [2.05, 4.69) is 15.0 Å². The molecule has 2 heterocycles.